The maximum atomic E-state index is 12.8. The summed E-state index contributed by atoms with van der Waals surface area (Å²) in [5.41, 5.74) is 7.26. The van der Waals surface area contributed by atoms with Crippen LogP contribution in [0.2, 0.25) is 0 Å². The lowest BCUT2D eigenvalue weighted by Gasteiger charge is -2.14. The van der Waals surface area contributed by atoms with Gasteiger partial charge in [0.15, 0.2) is 0 Å². The molecule has 174 valence electrons. The minimum absolute atomic E-state index is 0.182. The van der Waals surface area contributed by atoms with Crippen LogP contribution in [-0.4, -0.2) is 13.0 Å². The molecule has 5 rings (SSSR count). The van der Waals surface area contributed by atoms with Crippen molar-refractivity contribution in [1.29, 1.82) is 0 Å². The Morgan fingerprint density at radius 3 is 2.46 bits per heavy atom. The zero-order valence-electron chi connectivity index (χ0n) is 20.3. The molecule has 0 radical (unpaired) electrons. The van der Waals surface area contributed by atoms with E-state index in [4.69, 9.17) is 9.15 Å². The monoisotopic (exact) mass is 461 g/mol. The average Bonchev–Trinajstić information content (AvgIpc) is 3.29. The van der Waals surface area contributed by atoms with E-state index < -0.39 is 0 Å². The van der Waals surface area contributed by atoms with Crippen molar-refractivity contribution in [1.82, 2.24) is 0 Å². The molecule has 4 nitrogen and oxygen atoms in total. The van der Waals surface area contributed by atoms with E-state index in [-0.39, 0.29) is 5.91 Å². The number of carbonyl (C=O) groups is 1. The van der Waals surface area contributed by atoms with Gasteiger partial charge in [0.25, 0.3) is 0 Å². The highest BCUT2D eigenvalue weighted by Gasteiger charge is 2.19. The van der Waals surface area contributed by atoms with E-state index in [1.54, 1.807) is 19.4 Å². The largest absolute Gasteiger partial charge is 0.496 e. The van der Waals surface area contributed by atoms with Gasteiger partial charge in [-0.1, -0.05) is 54.6 Å². The van der Waals surface area contributed by atoms with Crippen LogP contribution in [0.3, 0.4) is 0 Å². The second-order valence-electron chi connectivity index (χ2n) is 8.80. The Morgan fingerprint density at radius 2 is 1.69 bits per heavy atom. The highest BCUT2D eigenvalue weighted by atomic mass is 16.5. The topological polar surface area (TPSA) is 51.5 Å². The van der Waals surface area contributed by atoms with Gasteiger partial charge in [0, 0.05) is 33.8 Å². The Labute approximate surface area is 204 Å². The first-order valence-electron chi connectivity index (χ1n) is 11.6. The SMILES string of the molecule is COc1c(/C(C)=C/C(=O)Nc2ccccc2C)cc2c(-c3ccc4ccccc4c3)coc2c1C. The molecular weight excluding hydrogens is 434 g/mol. The van der Waals surface area contributed by atoms with Crippen LogP contribution in [0.15, 0.2) is 89.6 Å². The Morgan fingerprint density at radius 1 is 0.943 bits per heavy atom. The van der Waals surface area contributed by atoms with Gasteiger partial charge in [-0.05, 0) is 66.4 Å². The molecule has 1 N–H and O–H groups in total. The fourth-order valence-electron chi connectivity index (χ4n) is 4.61. The van der Waals surface area contributed by atoms with Crippen LogP contribution >= 0.6 is 0 Å². The van der Waals surface area contributed by atoms with Gasteiger partial charge in [0.05, 0.1) is 13.4 Å². The molecule has 0 saturated carbocycles. The van der Waals surface area contributed by atoms with Gasteiger partial charge >= 0.3 is 0 Å². The van der Waals surface area contributed by atoms with E-state index in [1.165, 1.54) is 10.8 Å². The molecule has 35 heavy (non-hydrogen) atoms. The molecule has 0 spiro atoms. The van der Waals surface area contributed by atoms with Crippen molar-refractivity contribution in [3.63, 3.8) is 0 Å². The van der Waals surface area contributed by atoms with Crippen LogP contribution in [-0.2, 0) is 4.79 Å². The van der Waals surface area contributed by atoms with Gasteiger partial charge in [-0.2, -0.15) is 0 Å². The first kappa shape index (κ1) is 22.5. The van der Waals surface area contributed by atoms with Crippen molar-refractivity contribution in [2.75, 3.05) is 12.4 Å². The van der Waals surface area contributed by atoms with E-state index in [0.29, 0.717) is 5.75 Å². The van der Waals surface area contributed by atoms with Crippen molar-refractivity contribution in [3.05, 3.63) is 102 Å². The maximum Gasteiger partial charge on any atom is 0.248 e. The van der Waals surface area contributed by atoms with Gasteiger partial charge < -0.3 is 14.5 Å². The standard InChI is InChI=1S/C31H27NO3/c1-19-9-5-8-12-28(19)32-29(33)15-20(2)25-17-26-27(18-35-31(26)21(3)30(25)34-4)24-14-13-22-10-6-7-11-23(22)16-24/h5-18H,1-4H3,(H,32,33)/b20-15+. The van der Waals surface area contributed by atoms with Crippen LogP contribution in [0.1, 0.15) is 23.6 Å². The molecule has 5 aromatic rings. The molecule has 1 heterocycles. The maximum absolute atomic E-state index is 12.8. The Balaban J connectivity index is 1.59. The number of furan rings is 1. The number of hydrogen-bond acceptors (Lipinski definition) is 3. The molecule has 4 aromatic carbocycles. The van der Waals surface area contributed by atoms with E-state index in [2.05, 4.69) is 41.7 Å². The normalized spacial score (nSPS) is 11.7. The first-order chi connectivity index (χ1) is 17.0. The number of fused-ring (bicyclic) bond motifs is 2. The number of amides is 1. The highest BCUT2D eigenvalue weighted by Crippen LogP contribution is 2.41. The molecular formula is C31H27NO3. The zero-order chi connectivity index (χ0) is 24.5. The number of carbonyl (C=O) groups excluding carboxylic acids is 1. The molecule has 1 amide bonds. The van der Waals surface area contributed by atoms with Gasteiger partial charge in [-0.3, -0.25) is 4.79 Å². The van der Waals surface area contributed by atoms with Gasteiger partial charge in [-0.25, -0.2) is 0 Å². The Hall–Kier alpha value is -4.31. The summed E-state index contributed by atoms with van der Waals surface area (Å²) < 4.78 is 11.8. The number of nitrogens with one attached hydrogen (secondary N) is 1. The minimum atomic E-state index is -0.182. The fourth-order valence-corrected chi connectivity index (χ4v) is 4.61. The number of allylic oxidation sites excluding steroid dienone is 1. The van der Waals surface area contributed by atoms with Crippen molar-refractivity contribution < 1.29 is 13.9 Å². The molecule has 0 aliphatic carbocycles. The smallest absolute Gasteiger partial charge is 0.248 e. The average molecular weight is 462 g/mol. The van der Waals surface area contributed by atoms with E-state index >= 15 is 0 Å². The molecule has 0 fully saturated rings. The number of aryl methyl sites for hydroxylation is 2. The fraction of sp³-hybridized carbons (Fsp3) is 0.129. The summed E-state index contributed by atoms with van der Waals surface area (Å²) in [5.74, 6) is 0.521. The molecule has 0 saturated heterocycles. The summed E-state index contributed by atoms with van der Waals surface area (Å²) in [6.45, 7) is 5.88. The number of anilines is 1. The van der Waals surface area contributed by atoms with Crippen LogP contribution < -0.4 is 10.1 Å². The van der Waals surface area contributed by atoms with E-state index in [1.807, 2.05) is 57.2 Å². The van der Waals surface area contributed by atoms with Crippen LogP contribution in [0, 0.1) is 13.8 Å². The van der Waals surface area contributed by atoms with Crippen molar-refractivity contribution in [3.8, 4) is 16.9 Å². The summed E-state index contributed by atoms with van der Waals surface area (Å²) >= 11 is 0. The summed E-state index contributed by atoms with van der Waals surface area (Å²) in [4.78, 5) is 12.8. The first-order valence-corrected chi connectivity index (χ1v) is 11.6. The third-order valence-electron chi connectivity index (χ3n) is 6.48. The molecule has 0 aliphatic heterocycles. The number of ether oxygens (including phenoxy) is 1. The number of para-hydroxylation sites is 1. The second-order valence-corrected chi connectivity index (χ2v) is 8.80. The molecule has 0 atom stereocenters. The van der Waals surface area contributed by atoms with Crippen molar-refractivity contribution in [2.24, 2.45) is 0 Å². The van der Waals surface area contributed by atoms with Crippen molar-refractivity contribution in [2.45, 2.75) is 20.8 Å². The van der Waals surface area contributed by atoms with Crippen LogP contribution in [0.4, 0.5) is 5.69 Å². The summed E-state index contributed by atoms with van der Waals surface area (Å²) in [6.07, 6.45) is 3.42. The zero-order valence-corrected chi connectivity index (χ0v) is 20.3. The second kappa shape index (κ2) is 9.15. The predicted molar refractivity (Wildman–Crippen MR) is 144 cm³/mol. The van der Waals surface area contributed by atoms with Crippen LogP contribution in [0.25, 0.3) is 38.4 Å². The van der Waals surface area contributed by atoms with Crippen LogP contribution in [0.5, 0.6) is 5.75 Å². The summed E-state index contributed by atoms with van der Waals surface area (Å²) in [7, 11) is 1.64. The van der Waals surface area contributed by atoms with Gasteiger partial charge in [0.1, 0.15) is 11.3 Å². The number of methoxy groups -OCH3 is 1. The molecule has 0 aliphatic rings. The van der Waals surface area contributed by atoms with Crippen molar-refractivity contribution >= 4 is 38.9 Å². The lowest BCUT2D eigenvalue weighted by atomic mass is 9.95. The van der Waals surface area contributed by atoms with E-state index in [9.17, 15) is 4.79 Å². The number of hydrogen-bond donors (Lipinski definition) is 1. The number of benzene rings is 4. The number of rotatable bonds is 5. The lowest BCUT2D eigenvalue weighted by molar-refractivity contribution is -0.111. The van der Waals surface area contributed by atoms with Gasteiger partial charge in [-0.15, -0.1) is 0 Å². The minimum Gasteiger partial charge on any atom is -0.496 e. The quantitative estimate of drug-likeness (QED) is 0.270. The third-order valence-corrected chi connectivity index (χ3v) is 6.48. The summed E-state index contributed by atoms with van der Waals surface area (Å²) in [6, 6.07) is 24.5. The predicted octanol–water partition coefficient (Wildman–Crippen LogP) is 7.92. The summed E-state index contributed by atoms with van der Waals surface area (Å²) in [5, 5.41) is 6.33. The Bertz CT molecular complexity index is 1610. The molecule has 0 bridgehead atoms. The third kappa shape index (κ3) is 4.19. The molecule has 1 aromatic heterocycles. The Kier molecular flexibility index (Phi) is 5.87. The van der Waals surface area contributed by atoms with E-state index in [0.717, 1.165) is 50.0 Å². The molecule has 4 heteroatoms. The lowest BCUT2D eigenvalue weighted by Crippen LogP contribution is -2.09. The van der Waals surface area contributed by atoms with Gasteiger partial charge in [0.2, 0.25) is 5.91 Å². The highest BCUT2D eigenvalue weighted by molar-refractivity contribution is 6.06. The molecule has 0 unspecified atom stereocenters.